The maximum absolute atomic E-state index is 12.0. The van der Waals surface area contributed by atoms with Crippen LogP contribution in [-0.4, -0.2) is 21.9 Å². The molecule has 2 amide bonds. The van der Waals surface area contributed by atoms with Crippen LogP contribution in [0.3, 0.4) is 0 Å². The van der Waals surface area contributed by atoms with Gasteiger partial charge in [-0.25, -0.2) is 0 Å². The summed E-state index contributed by atoms with van der Waals surface area (Å²) in [5.74, 6) is -0.831. The first-order valence-corrected chi connectivity index (χ1v) is 7.24. The lowest BCUT2D eigenvalue weighted by molar-refractivity contribution is -0.385. The number of nitrogens with one attached hydrogen (secondary N) is 3. The SMILES string of the molecule is O=C(C=Cc1ccco1)NC(=S)NNC(=O)c1ccccc1[N+](=O)[O-]. The number of para-hydroxylation sites is 1. The molecule has 0 unspecified atom stereocenters. The van der Waals surface area contributed by atoms with Gasteiger partial charge in [-0.15, -0.1) is 0 Å². The van der Waals surface area contributed by atoms with Crippen molar-refractivity contribution in [3.63, 3.8) is 0 Å². The molecular weight excluding hydrogens is 348 g/mol. The first-order valence-electron chi connectivity index (χ1n) is 6.83. The zero-order valence-corrected chi connectivity index (χ0v) is 13.4. The van der Waals surface area contributed by atoms with Crippen LogP contribution >= 0.6 is 12.2 Å². The molecule has 0 aliphatic rings. The maximum Gasteiger partial charge on any atom is 0.282 e. The monoisotopic (exact) mass is 360 g/mol. The second-order valence-corrected chi connectivity index (χ2v) is 4.93. The van der Waals surface area contributed by atoms with E-state index in [0.717, 1.165) is 0 Å². The fraction of sp³-hybridized carbons (Fsp3) is 0. The average Bonchev–Trinajstić information content (AvgIpc) is 3.11. The highest BCUT2D eigenvalue weighted by molar-refractivity contribution is 7.80. The summed E-state index contributed by atoms with van der Waals surface area (Å²) in [7, 11) is 0. The minimum Gasteiger partial charge on any atom is -0.465 e. The number of benzene rings is 1. The predicted octanol–water partition coefficient (Wildman–Crippen LogP) is 1.54. The summed E-state index contributed by atoms with van der Waals surface area (Å²) in [4.78, 5) is 33.8. The normalized spacial score (nSPS) is 10.2. The van der Waals surface area contributed by atoms with E-state index in [-0.39, 0.29) is 16.4 Å². The molecule has 0 bridgehead atoms. The van der Waals surface area contributed by atoms with Crippen molar-refractivity contribution in [2.24, 2.45) is 0 Å². The molecule has 0 fully saturated rings. The van der Waals surface area contributed by atoms with Crippen LogP contribution in [0.1, 0.15) is 16.1 Å². The number of hydrogen-bond acceptors (Lipinski definition) is 6. The van der Waals surface area contributed by atoms with Crippen LogP contribution in [-0.2, 0) is 4.79 Å². The number of hydrazine groups is 1. The molecule has 25 heavy (non-hydrogen) atoms. The predicted molar refractivity (Wildman–Crippen MR) is 92.2 cm³/mol. The number of furan rings is 1. The van der Waals surface area contributed by atoms with E-state index in [4.69, 9.17) is 16.6 Å². The van der Waals surface area contributed by atoms with Crippen molar-refractivity contribution in [1.82, 2.24) is 16.2 Å². The zero-order chi connectivity index (χ0) is 18.2. The van der Waals surface area contributed by atoms with Crippen molar-refractivity contribution < 1.29 is 18.9 Å². The van der Waals surface area contributed by atoms with Gasteiger partial charge in [-0.3, -0.25) is 35.9 Å². The smallest absolute Gasteiger partial charge is 0.282 e. The third-order valence-corrected chi connectivity index (χ3v) is 3.02. The van der Waals surface area contributed by atoms with Crippen LogP contribution in [0, 0.1) is 10.1 Å². The second-order valence-electron chi connectivity index (χ2n) is 4.52. The van der Waals surface area contributed by atoms with E-state index in [0.29, 0.717) is 5.76 Å². The van der Waals surface area contributed by atoms with Crippen LogP contribution in [0.4, 0.5) is 5.69 Å². The quantitative estimate of drug-likeness (QED) is 0.327. The molecular formula is C15H12N4O5S. The van der Waals surface area contributed by atoms with E-state index >= 15 is 0 Å². The molecule has 0 atom stereocenters. The van der Waals surface area contributed by atoms with E-state index in [1.165, 1.54) is 42.7 Å². The van der Waals surface area contributed by atoms with Gasteiger partial charge in [0.05, 0.1) is 11.2 Å². The van der Waals surface area contributed by atoms with Crippen molar-refractivity contribution in [3.05, 3.63) is 70.2 Å². The van der Waals surface area contributed by atoms with Gasteiger partial charge in [0.15, 0.2) is 5.11 Å². The van der Waals surface area contributed by atoms with E-state index in [9.17, 15) is 19.7 Å². The number of carbonyl (C=O) groups excluding carboxylic acids is 2. The summed E-state index contributed by atoms with van der Waals surface area (Å²) in [5, 5.41) is 13.0. The summed E-state index contributed by atoms with van der Waals surface area (Å²) in [6.45, 7) is 0. The Morgan fingerprint density at radius 3 is 2.60 bits per heavy atom. The topological polar surface area (TPSA) is 127 Å². The van der Waals surface area contributed by atoms with E-state index < -0.39 is 16.7 Å². The number of nitro benzene ring substituents is 1. The van der Waals surface area contributed by atoms with Gasteiger partial charge in [-0.05, 0) is 36.5 Å². The Morgan fingerprint density at radius 1 is 1.16 bits per heavy atom. The van der Waals surface area contributed by atoms with Crippen molar-refractivity contribution >= 4 is 40.9 Å². The first kappa shape index (κ1) is 17.8. The van der Waals surface area contributed by atoms with Gasteiger partial charge in [0.1, 0.15) is 11.3 Å². The maximum atomic E-state index is 12.0. The Bertz CT molecular complexity index is 832. The number of nitro groups is 1. The van der Waals surface area contributed by atoms with Crippen LogP contribution in [0.25, 0.3) is 6.08 Å². The summed E-state index contributed by atoms with van der Waals surface area (Å²) in [6.07, 6.45) is 4.09. The molecule has 1 aromatic carbocycles. The van der Waals surface area contributed by atoms with Crippen molar-refractivity contribution in [1.29, 1.82) is 0 Å². The number of carbonyl (C=O) groups is 2. The Labute approximate surface area is 146 Å². The molecule has 0 radical (unpaired) electrons. The minimum atomic E-state index is -0.768. The molecule has 0 saturated heterocycles. The molecule has 128 valence electrons. The van der Waals surface area contributed by atoms with Gasteiger partial charge >= 0.3 is 0 Å². The Balaban J connectivity index is 1.86. The lowest BCUT2D eigenvalue weighted by atomic mass is 10.2. The summed E-state index contributed by atoms with van der Waals surface area (Å²) in [5.41, 5.74) is 3.97. The molecule has 0 aliphatic carbocycles. The largest absolute Gasteiger partial charge is 0.465 e. The molecule has 2 aromatic rings. The Kier molecular flexibility index (Phi) is 5.96. The number of amides is 2. The summed E-state index contributed by atoms with van der Waals surface area (Å²) >= 11 is 4.85. The van der Waals surface area contributed by atoms with E-state index in [1.807, 2.05) is 0 Å². The van der Waals surface area contributed by atoms with Crippen LogP contribution < -0.4 is 16.2 Å². The number of nitrogens with zero attached hydrogens (tertiary/aromatic N) is 1. The molecule has 0 spiro atoms. The third-order valence-electron chi connectivity index (χ3n) is 2.81. The Hall–Kier alpha value is -3.53. The second kappa shape index (κ2) is 8.36. The average molecular weight is 360 g/mol. The molecule has 0 saturated carbocycles. The van der Waals surface area contributed by atoms with E-state index in [2.05, 4.69) is 16.2 Å². The van der Waals surface area contributed by atoms with Crippen LogP contribution in [0.15, 0.2) is 53.2 Å². The van der Waals surface area contributed by atoms with Gasteiger partial charge in [0.25, 0.3) is 11.6 Å². The molecule has 3 N–H and O–H groups in total. The van der Waals surface area contributed by atoms with Crippen LogP contribution in [0.5, 0.6) is 0 Å². The third kappa shape index (κ3) is 5.25. The van der Waals surface area contributed by atoms with Gasteiger partial charge in [0, 0.05) is 12.1 Å². The fourth-order valence-corrected chi connectivity index (χ4v) is 1.89. The number of rotatable bonds is 4. The minimum absolute atomic E-state index is 0.146. The summed E-state index contributed by atoms with van der Waals surface area (Å²) in [6, 6.07) is 8.76. The molecule has 1 aromatic heterocycles. The molecule has 10 heteroatoms. The highest BCUT2D eigenvalue weighted by Gasteiger charge is 2.19. The van der Waals surface area contributed by atoms with Gasteiger partial charge in [-0.1, -0.05) is 12.1 Å². The molecule has 2 rings (SSSR count). The highest BCUT2D eigenvalue weighted by Crippen LogP contribution is 2.16. The number of thiocarbonyl (C=S) groups is 1. The lowest BCUT2D eigenvalue weighted by Crippen LogP contribution is -2.48. The summed E-state index contributed by atoms with van der Waals surface area (Å²) < 4.78 is 5.02. The molecule has 9 nitrogen and oxygen atoms in total. The van der Waals surface area contributed by atoms with Crippen molar-refractivity contribution in [3.8, 4) is 0 Å². The standard InChI is InChI=1S/C15H12N4O5S/c20-13(8-7-10-4-3-9-24-10)16-15(25)18-17-14(21)11-5-1-2-6-12(11)19(22)23/h1-9H,(H,17,21)(H2,16,18,20,25). The van der Waals surface area contributed by atoms with Crippen LogP contribution in [0.2, 0.25) is 0 Å². The first-order chi connectivity index (χ1) is 12.0. The molecule has 1 heterocycles. The van der Waals surface area contributed by atoms with Crippen molar-refractivity contribution in [2.45, 2.75) is 0 Å². The highest BCUT2D eigenvalue weighted by atomic mass is 32.1. The van der Waals surface area contributed by atoms with Gasteiger partial charge in [0.2, 0.25) is 5.91 Å². The Morgan fingerprint density at radius 2 is 1.92 bits per heavy atom. The van der Waals surface area contributed by atoms with Gasteiger partial charge in [-0.2, -0.15) is 0 Å². The van der Waals surface area contributed by atoms with Gasteiger partial charge < -0.3 is 4.42 Å². The fourth-order valence-electron chi connectivity index (χ4n) is 1.73. The molecule has 0 aliphatic heterocycles. The number of hydrogen-bond donors (Lipinski definition) is 3. The lowest BCUT2D eigenvalue weighted by Gasteiger charge is -2.09. The zero-order valence-electron chi connectivity index (χ0n) is 12.6. The van der Waals surface area contributed by atoms with Crippen molar-refractivity contribution in [2.75, 3.05) is 0 Å². The van der Waals surface area contributed by atoms with E-state index in [1.54, 1.807) is 12.1 Å².